The Morgan fingerprint density at radius 3 is 2.23 bits per heavy atom. The number of hydrogen-bond acceptors (Lipinski definition) is 6. The van der Waals surface area contributed by atoms with Crippen LogP contribution in [0, 0.1) is 0 Å². The zero-order valence-corrected chi connectivity index (χ0v) is 16.9. The third-order valence-corrected chi connectivity index (χ3v) is 5.43. The maximum absolute atomic E-state index is 12.7. The molecule has 0 fully saturated rings. The van der Waals surface area contributed by atoms with Crippen LogP contribution in [-0.2, 0) is 4.79 Å². The normalized spacial score (nSPS) is 10.8. The molecule has 30 heavy (non-hydrogen) atoms. The molecule has 0 aliphatic heterocycles. The molecule has 4 aromatic rings. The van der Waals surface area contributed by atoms with Gasteiger partial charge in [0.1, 0.15) is 0 Å². The average molecular weight is 417 g/mol. The SMILES string of the molecule is Nn1c(SCC(=O)NC(c2ccccc2)c2ccccc2)nnc1-c1cccnc1. The van der Waals surface area contributed by atoms with Crippen molar-refractivity contribution >= 4 is 17.7 Å². The highest BCUT2D eigenvalue weighted by Gasteiger charge is 2.18. The molecule has 0 unspecified atom stereocenters. The monoisotopic (exact) mass is 416 g/mol. The van der Waals surface area contributed by atoms with E-state index in [9.17, 15) is 4.79 Å². The second-order valence-corrected chi connectivity index (χ2v) is 7.47. The molecule has 0 bridgehead atoms. The summed E-state index contributed by atoms with van der Waals surface area (Å²) in [5.41, 5.74) is 2.79. The molecular weight excluding hydrogens is 396 g/mol. The average Bonchev–Trinajstić information content (AvgIpc) is 3.18. The van der Waals surface area contributed by atoms with Crippen molar-refractivity contribution in [2.45, 2.75) is 11.2 Å². The van der Waals surface area contributed by atoms with Crippen molar-refractivity contribution in [1.82, 2.24) is 25.2 Å². The summed E-state index contributed by atoms with van der Waals surface area (Å²) in [5, 5.41) is 11.8. The fourth-order valence-electron chi connectivity index (χ4n) is 3.05. The zero-order chi connectivity index (χ0) is 20.8. The van der Waals surface area contributed by atoms with Gasteiger partial charge in [-0.2, -0.15) is 0 Å². The van der Waals surface area contributed by atoms with Crippen molar-refractivity contribution in [1.29, 1.82) is 0 Å². The molecule has 3 N–H and O–H groups in total. The van der Waals surface area contributed by atoms with Crippen molar-refractivity contribution < 1.29 is 4.79 Å². The van der Waals surface area contributed by atoms with Gasteiger partial charge in [0, 0.05) is 18.0 Å². The van der Waals surface area contributed by atoms with E-state index < -0.39 is 0 Å². The Labute approximate surface area is 178 Å². The lowest BCUT2D eigenvalue weighted by molar-refractivity contribution is -0.119. The van der Waals surface area contributed by atoms with Crippen LogP contribution >= 0.6 is 11.8 Å². The van der Waals surface area contributed by atoms with Crippen LogP contribution in [0.5, 0.6) is 0 Å². The molecule has 2 aromatic heterocycles. The van der Waals surface area contributed by atoms with Crippen LogP contribution in [0.4, 0.5) is 0 Å². The van der Waals surface area contributed by atoms with Gasteiger partial charge in [-0.05, 0) is 23.3 Å². The van der Waals surface area contributed by atoms with E-state index in [1.165, 1.54) is 16.4 Å². The lowest BCUT2D eigenvalue weighted by Crippen LogP contribution is -2.30. The van der Waals surface area contributed by atoms with Crippen molar-refractivity contribution in [2.24, 2.45) is 0 Å². The molecule has 0 atom stereocenters. The van der Waals surface area contributed by atoms with E-state index in [4.69, 9.17) is 5.84 Å². The molecule has 2 aromatic carbocycles. The van der Waals surface area contributed by atoms with Crippen LogP contribution in [0.25, 0.3) is 11.4 Å². The fourth-order valence-corrected chi connectivity index (χ4v) is 3.72. The van der Waals surface area contributed by atoms with Gasteiger partial charge in [0.05, 0.1) is 11.8 Å². The van der Waals surface area contributed by atoms with Crippen LogP contribution < -0.4 is 11.2 Å². The number of nitrogen functional groups attached to an aromatic ring is 1. The van der Waals surface area contributed by atoms with Crippen LogP contribution in [0.2, 0.25) is 0 Å². The van der Waals surface area contributed by atoms with Crippen LogP contribution in [0.15, 0.2) is 90.3 Å². The van der Waals surface area contributed by atoms with Crippen LogP contribution in [-0.4, -0.2) is 31.5 Å². The molecule has 8 heteroatoms. The Hall–Kier alpha value is -3.65. The summed E-state index contributed by atoms with van der Waals surface area (Å²) in [6.07, 6.45) is 3.34. The standard InChI is InChI=1S/C22H20N6OS/c23-28-21(18-12-7-13-24-14-18)26-27-22(28)30-15-19(29)25-20(16-8-3-1-4-9-16)17-10-5-2-6-11-17/h1-14,20H,15,23H2,(H,25,29). The number of pyridine rings is 1. The lowest BCUT2D eigenvalue weighted by atomic mass is 9.99. The van der Waals surface area contributed by atoms with E-state index in [1.54, 1.807) is 18.5 Å². The highest BCUT2D eigenvalue weighted by atomic mass is 32.2. The molecule has 7 nitrogen and oxygen atoms in total. The van der Waals surface area contributed by atoms with Gasteiger partial charge < -0.3 is 11.2 Å². The molecule has 1 amide bonds. The van der Waals surface area contributed by atoms with E-state index in [0.717, 1.165) is 16.7 Å². The Kier molecular flexibility index (Phi) is 6.05. The topological polar surface area (TPSA) is 98.7 Å². The first-order valence-electron chi connectivity index (χ1n) is 9.35. The largest absolute Gasteiger partial charge is 0.344 e. The third-order valence-electron chi connectivity index (χ3n) is 4.49. The van der Waals surface area contributed by atoms with Gasteiger partial charge in [-0.1, -0.05) is 72.4 Å². The summed E-state index contributed by atoms with van der Waals surface area (Å²) in [6.45, 7) is 0. The minimum Gasteiger partial charge on any atom is -0.344 e. The number of nitrogens with zero attached hydrogens (tertiary/aromatic N) is 4. The maximum atomic E-state index is 12.7. The number of amides is 1. The van der Waals surface area contributed by atoms with Gasteiger partial charge in [0.2, 0.25) is 11.1 Å². The van der Waals surface area contributed by atoms with Gasteiger partial charge >= 0.3 is 0 Å². The number of carbonyl (C=O) groups excluding carboxylic acids is 1. The first-order chi connectivity index (χ1) is 14.7. The Morgan fingerprint density at radius 1 is 0.967 bits per heavy atom. The highest BCUT2D eigenvalue weighted by molar-refractivity contribution is 7.99. The summed E-state index contributed by atoms with van der Waals surface area (Å²) < 4.78 is 1.38. The molecule has 2 heterocycles. The second kappa shape index (κ2) is 9.23. The predicted octanol–water partition coefficient (Wildman–Crippen LogP) is 3.05. The summed E-state index contributed by atoms with van der Waals surface area (Å²) in [6, 6.07) is 23.2. The molecule has 0 spiro atoms. The van der Waals surface area contributed by atoms with E-state index in [1.807, 2.05) is 66.7 Å². The zero-order valence-electron chi connectivity index (χ0n) is 16.1. The van der Waals surface area contributed by atoms with E-state index in [-0.39, 0.29) is 17.7 Å². The number of nitrogens with one attached hydrogen (secondary N) is 1. The van der Waals surface area contributed by atoms with E-state index in [2.05, 4.69) is 20.5 Å². The smallest absolute Gasteiger partial charge is 0.231 e. The lowest BCUT2D eigenvalue weighted by Gasteiger charge is -2.19. The number of rotatable bonds is 7. The van der Waals surface area contributed by atoms with Gasteiger partial charge in [0.15, 0.2) is 5.82 Å². The van der Waals surface area contributed by atoms with Crippen molar-refractivity contribution in [3.8, 4) is 11.4 Å². The third kappa shape index (κ3) is 4.49. The first-order valence-corrected chi connectivity index (χ1v) is 10.3. The Balaban J connectivity index is 1.45. The molecule has 4 rings (SSSR count). The van der Waals surface area contributed by atoms with Gasteiger partial charge in [-0.25, -0.2) is 4.68 Å². The second-order valence-electron chi connectivity index (χ2n) is 6.53. The summed E-state index contributed by atoms with van der Waals surface area (Å²) in [5.74, 6) is 6.66. The number of nitrogens with two attached hydrogens (primary N) is 1. The Morgan fingerprint density at radius 2 is 1.63 bits per heavy atom. The number of aromatic nitrogens is 4. The molecule has 0 radical (unpaired) electrons. The first kappa shape index (κ1) is 19.7. The number of hydrogen-bond donors (Lipinski definition) is 2. The maximum Gasteiger partial charge on any atom is 0.231 e. The van der Waals surface area contributed by atoms with E-state index >= 15 is 0 Å². The van der Waals surface area contributed by atoms with Crippen molar-refractivity contribution in [2.75, 3.05) is 11.6 Å². The molecule has 0 aliphatic carbocycles. The minimum atomic E-state index is -0.234. The predicted molar refractivity (Wildman–Crippen MR) is 117 cm³/mol. The van der Waals surface area contributed by atoms with Gasteiger partial charge in [-0.3, -0.25) is 9.78 Å². The quantitative estimate of drug-likeness (QED) is 0.355. The van der Waals surface area contributed by atoms with Crippen molar-refractivity contribution in [3.63, 3.8) is 0 Å². The van der Waals surface area contributed by atoms with Crippen LogP contribution in [0.3, 0.4) is 0 Å². The molecule has 150 valence electrons. The highest BCUT2D eigenvalue weighted by Crippen LogP contribution is 2.23. The number of benzene rings is 2. The molecular formula is C22H20N6OS. The van der Waals surface area contributed by atoms with Gasteiger partial charge in [0.25, 0.3) is 0 Å². The minimum absolute atomic E-state index is 0.122. The van der Waals surface area contributed by atoms with E-state index in [0.29, 0.717) is 11.0 Å². The van der Waals surface area contributed by atoms with Crippen molar-refractivity contribution in [3.05, 3.63) is 96.3 Å². The summed E-state index contributed by atoms with van der Waals surface area (Å²) in [4.78, 5) is 16.8. The molecule has 0 saturated heterocycles. The summed E-state index contributed by atoms with van der Waals surface area (Å²) >= 11 is 1.23. The Bertz CT molecular complexity index is 1060. The van der Waals surface area contributed by atoms with Crippen LogP contribution in [0.1, 0.15) is 17.2 Å². The number of thioether (sulfide) groups is 1. The number of carbonyl (C=O) groups is 1. The fraction of sp³-hybridized carbons (Fsp3) is 0.0909. The molecule has 0 aliphatic rings. The summed E-state index contributed by atoms with van der Waals surface area (Å²) in [7, 11) is 0. The molecule has 0 saturated carbocycles. The van der Waals surface area contributed by atoms with Gasteiger partial charge in [-0.15, -0.1) is 10.2 Å².